The highest BCUT2D eigenvalue weighted by molar-refractivity contribution is 6.31. The Bertz CT molecular complexity index is 659. The number of methoxy groups -OCH3 is 1. The van der Waals surface area contributed by atoms with Gasteiger partial charge in [-0.2, -0.15) is 0 Å². The first-order valence-electron chi connectivity index (χ1n) is 5.74. The number of hydrogen-bond donors (Lipinski definition) is 3. The second kappa shape index (κ2) is 5.71. The lowest BCUT2D eigenvalue weighted by molar-refractivity contribution is 0.102. The lowest BCUT2D eigenvalue weighted by atomic mass is 10.1. The van der Waals surface area contributed by atoms with Gasteiger partial charge in [-0.1, -0.05) is 11.6 Å². The van der Waals surface area contributed by atoms with Gasteiger partial charge >= 0.3 is 0 Å². The zero-order valence-corrected chi connectivity index (χ0v) is 11.4. The first-order valence-corrected chi connectivity index (χ1v) is 6.12. The van der Waals surface area contributed by atoms with Crippen LogP contribution in [0.15, 0.2) is 36.4 Å². The van der Waals surface area contributed by atoms with Crippen LogP contribution in [0.3, 0.4) is 0 Å². The van der Waals surface area contributed by atoms with Crippen molar-refractivity contribution in [2.75, 3.05) is 18.2 Å². The summed E-state index contributed by atoms with van der Waals surface area (Å²) in [5, 5.41) is 12.8. The number of aromatic hydroxyl groups is 1. The van der Waals surface area contributed by atoms with E-state index in [0.29, 0.717) is 22.1 Å². The fourth-order valence-electron chi connectivity index (χ4n) is 1.66. The fourth-order valence-corrected chi connectivity index (χ4v) is 1.84. The van der Waals surface area contributed by atoms with Crippen LogP contribution in [0.1, 0.15) is 10.4 Å². The molecule has 2 rings (SSSR count). The number of carbonyl (C=O) groups excluding carboxylic acids is 1. The summed E-state index contributed by atoms with van der Waals surface area (Å²) in [5.41, 5.74) is 6.61. The zero-order chi connectivity index (χ0) is 14.7. The highest BCUT2D eigenvalue weighted by Crippen LogP contribution is 2.26. The Kier molecular flexibility index (Phi) is 4.00. The van der Waals surface area contributed by atoms with Gasteiger partial charge in [0.05, 0.1) is 24.0 Å². The maximum Gasteiger partial charge on any atom is 0.259 e. The molecule has 0 spiro atoms. The number of amides is 1. The number of nitrogens with two attached hydrogens (primary N) is 1. The van der Waals surface area contributed by atoms with E-state index in [1.807, 2.05) is 0 Å². The summed E-state index contributed by atoms with van der Waals surface area (Å²) in [6.45, 7) is 0. The van der Waals surface area contributed by atoms with Crippen LogP contribution < -0.4 is 15.8 Å². The van der Waals surface area contributed by atoms with E-state index in [-0.39, 0.29) is 11.3 Å². The Hall–Kier alpha value is -2.40. The minimum absolute atomic E-state index is 0.0960. The number of phenolic OH excluding ortho intramolecular Hbond substituents is 1. The van der Waals surface area contributed by atoms with E-state index < -0.39 is 5.91 Å². The molecule has 0 radical (unpaired) electrons. The first kappa shape index (κ1) is 14.0. The first-order chi connectivity index (χ1) is 9.51. The van der Waals surface area contributed by atoms with Gasteiger partial charge in [0.2, 0.25) is 0 Å². The summed E-state index contributed by atoms with van der Waals surface area (Å²) in [5.74, 6) is -0.164. The third kappa shape index (κ3) is 2.95. The van der Waals surface area contributed by atoms with Crippen molar-refractivity contribution in [1.82, 2.24) is 0 Å². The number of rotatable bonds is 3. The van der Waals surface area contributed by atoms with Crippen molar-refractivity contribution in [3.8, 4) is 11.5 Å². The predicted molar refractivity (Wildman–Crippen MR) is 78.5 cm³/mol. The number of phenols is 1. The molecule has 4 N–H and O–H groups in total. The molecule has 20 heavy (non-hydrogen) atoms. The van der Waals surface area contributed by atoms with Crippen LogP contribution in [0.2, 0.25) is 5.02 Å². The van der Waals surface area contributed by atoms with E-state index in [9.17, 15) is 9.90 Å². The Morgan fingerprint density at radius 2 is 2.05 bits per heavy atom. The highest BCUT2D eigenvalue weighted by Gasteiger charge is 2.14. The molecule has 5 nitrogen and oxygen atoms in total. The standard InChI is InChI=1S/C14H13ClN2O3/c1-20-9-3-5-13(18)10(7-9)14(19)17-12-4-2-8(15)6-11(12)16/h2-7,18H,16H2,1H3,(H,17,19). The average Bonchev–Trinajstić information content (AvgIpc) is 2.42. The Labute approximate surface area is 120 Å². The molecule has 0 aliphatic carbocycles. The molecule has 0 fully saturated rings. The average molecular weight is 293 g/mol. The third-order valence-electron chi connectivity index (χ3n) is 2.71. The molecule has 6 heteroatoms. The number of nitrogen functional groups attached to an aromatic ring is 1. The minimum atomic E-state index is -0.490. The van der Waals surface area contributed by atoms with Crippen LogP contribution in [0.5, 0.6) is 11.5 Å². The van der Waals surface area contributed by atoms with Crippen LogP contribution in [0.25, 0.3) is 0 Å². The molecule has 0 aliphatic rings. The Morgan fingerprint density at radius 1 is 1.30 bits per heavy atom. The maximum absolute atomic E-state index is 12.1. The number of benzene rings is 2. The van der Waals surface area contributed by atoms with Gasteiger partial charge in [-0.25, -0.2) is 0 Å². The molecule has 2 aromatic rings. The van der Waals surface area contributed by atoms with Gasteiger partial charge in [0, 0.05) is 5.02 Å². The topological polar surface area (TPSA) is 84.6 Å². The Balaban J connectivity index is 2.28. The van der Waals surface area contributed by atoms with Crippen LogP contribution in [-0.4, -0.2) is 18.1 Å². The number of anilines is 2. The van der Waals surface area contributed by atoms with Gasteiger partial charge < -0.3 is 20.9 Å². The van der Waals surface area contributed by atoms with Crippen molar-refractivity contribution in [2.45, 2.75) is 0 Å². The van der Waals surface area contributed by atoms with Gasteiger partial charge in [-0.15, -0.1) is 0 Å². The van der Waals surface area contributed by atoms with Crippen molar-refractivity contribution >= 4 is 28.9 Å². The van der Waals surface area contributed by atoms with Crippen LogP contribution in [0.4, 0.5) is 11.4 Å². The number of hydrogen-bond acceptors (Lipinski definition) is 4. The molecule has 0 saturated carbocycles. The van der Waals surface area contributed by atoms with Gasteiger partial charge in [-0.3, -0.25) is 4.79 Å². The third-order valence-corrected chi connectivity index (χ3v) is 2.95. The normalized spacial score (nSPS) is 10.1. The second-order valence-electron chi connectivity index (χ2n) is 4.07. The number of ether oxygens (including phenoxy) is 1. The van der Waals surface area contributed by atoms with E-state index in [1.54, 1.807) is 18.2 Å². The number of nitrogens with one attached hydrogen (secondary N) is 1. The van der Waals surface area contributed by atoms with Gasteiger partial charge in [0.15, 0.2) is 0 Å². The van der Waals surface area contributed by atoms with Crippen LogP contribution in [0, 0.1) is 0 Å². The van der Waals surface area contributed by atoms with Crippen molar-refractivity contribution < 1.29 is 14.6 Å². The van der Waals surface area contributed by atoms with E-state index in [0.717, 1.165) is 0 Å². The largest absolute Gasteiger partial charge is 0.507 e. The second-order valence-corrected chi connectivity index (χ2v) is 4.51. The quantitative estimate of drug-likeness (QED) is 0.759. The van der Waals surface area contributed by atoms with Crippen LogP contribution >= 0.6 is 11.6 Å². The van der Waals surface area contributed by atoms with Gasteiger partial charge in [0.25, 0.3) is 5.91 Å². The van der Waals surface area contributed by atoms with E-state index >= 15 is 0 Å². The molecule has 0 bridgehead atoms. The molecule has 1 amide bonds. The van der Waals surface area contributed by atoms with Crippen LogP contribution in [-0.2, 0) is 0 Å². The summed E-state index contributed by atoms with van der Waals surface area (Å²) in [7, 11) is 1.48. The molecule has 104 valence electrons. The van der Waals surface area contributed by atoms with Gasteiger partial charge in [0.1, 0.15) is 11.5 Å². The summed E-state index contributed by atoms with van der Waals surface area (Å²) in [6.07, 6.45) is 0. The summed E-state index contributed by atoms with van der Waals surface area (Å²) in [4.78, 5) is 12.1. The lowest BCUT2D eigenvalue weighted by Crippen LogP contribution is -2.13. The monoisotopic (exact) mass is 292 g/mol. The minimum Gasteiger partial charge on any atom is -0.507 e. The molecule has 0 aromatic heterocycles. The highest BCUT2D eigenvalue weighted by atomic mass is 35.5. The lowest BCUT2D eigenvalue weighted by Gasteiger charge is -2.10. The number of carbonyl (C=O) groups is 1. The molecule has 0 atom stereocenters. The van der Waals surface area contributed by atoms with E-state index in [4.69, 9.17) is 22.1 Å². The van der Waals surface area contributed by atoms with Crippen molar-refractivity contribution in [2.24, 2.45) is 0 Å². The Morgan fingerprint density at radius 3 is 2.70 bits per heavy atom. The van der Waals surface area contributed by atoms with Crippen molar-refractivity contribution in [3.05, 3.63) is 47.0 Å². The molecular weight excluding hydrogens is 280 g/mol. The predicted octanol–water partition coefficient (Wildman–Crippen LogP) is 2.89. The van der Waals surface area contributed by atoms with Crippen molar-refractivity contribution in [1.29, 1.82) is 0 Å². The van der Waals surface area contributed by atoms with E-state index in [1.165, 1.54) is 25.3 Å². The molecule has 0 aliphatic heterocycles. The molecule has 2 aromatic carbocycles. The molecule has 0 saturated heterocycles. The molecule has 0 heterocycles. The maximum atomic E-state index is 12.1. The molecular formula is C14H13ClN2O3. The summed E-state index contributed by atoms with van der Waals surface area (Å²) < 4.78 is 5.02. The number of halogens is 1. The summed E-state index contributed by atoms with van der Waals surface area (Å²) >= 11 is 5.79. The molecule has 0 unspecified atom stereocenters. The van der Waals surface area contributed by atoms with E-state index in [2.05, 4.69) is 5.32 Å². The fraction of sp³-hybridized carbons (Fsp3) is 0.0714. The SMILES string of the molecule is COc1ccc(O)c(C(=O)Nc2ccc(Cl)cc2N)c1. The van der Waals surface area contributed by atoms with Crippen molar-refractivity contribution in [3.63, 3.8) is 0 Å². The smallest absolute Gasteiger partial charge is 0.259 e. The van der Waals surface area contributed by atoms with Gasteiger partial charge in [-0.05, 0) is 36.4 Å². The summed E-state index contributed by atoms with van der Waals surface area (Å²) in [6, 6.07) is 9.12. The zero-order valence-electron chi connectivity index (χ0n) is 10.7.